The molecular weight excluding hydrogens is 388 g/mol. The first-order valence-corrected chi connectivity index (χ1v) is 10.4. The quantitative estimate of drug-likeness (QED) is 0.463. The summed E-state index contributed by atoms with van der Waals surface area (Å²) in [5, 5.41) is 6.30. The van der Waals surface area contributed by atoms with Gasteiger partial charge >= 0.3 is 6.09 Å². The molecule has 0 unspecified atom stereocenters. The van der Waals surface area contributed by atoms with Crippen LogP contribution in [0.3, 0.4) is 0 Å². The number of hydrogen-bond donors (Lipinski definition) is 3. The molecule has 6 nitrogen and oxygen atoms in total. The van der Waals surface area contributed by atoms with Gasteiger partial charge < -0.3 is 15.8 Å². The first-order chi connectivity index (χ1) is 15.2. The van der Waals surface area contributed by atoms with E-state index in [0.29, 0.717) is 32.7 Å². The second-order valence-corrected chi connectivity index (χ2v) is 7.63. The minimum Gasteiger partial charge on any atom is -0.449 e. The lowest BCUT2D eigenvalue weighted by Gasteiger charge is -2.15. The van der Waals surface area contributed by atoms with Crippen LogP contribution >= 0.6 is 0 Å². The smallest absolute Gasteiger partial charge is 0.407 e. The lowest BCUT2D eigenvalue weighted by Crippen LogP contribution is -2.28. The SMILES string of the molecule is N=NCc1cc(CCNC(=O)OCC2c3ccccc3-c3ccccc32)ccc1CN. The molecule has 0 aliphatic heterocycles. The van der Waals surface area contributed by atoms with Crippen molar-refractivity contribution in [2.24, 2.45) is 10.8 Å². The summed E-state index contributed by atoms with van der Waals surface area (Å²) in [4.78, 5) is 12.3. The van der Waals surface area contributed by atoms with Crippen molar-refractivity contribution >= 4 is 6.09 Å². The molecule has 3 aromatic carbocycles. The number of carbonyl (C=O) groups is 1. The van der Waals surface area contributed by atoms with Gasteiger partial charge in [0.25, 0.3) is 0 Å². The largest absolute Gasteiger partial charge is 0.449 e. The highest BCUT2D eigenvalue weighted by Gasteiger charge is 2.28. The summed E-state index contributed by atoms with van der Waals surface area (Å²) in [5.41, 5.74) is 20.7. The Morgan fingerprint density at radius 1 is 1.00 bits per heavy atom. The fourth-order valence-corrected chi connectivity index (χ4v) is 4.22. The van der Waals surface area contributed by atoms with Gasteiger partial charge in [-0.15, -0.1) is 0 Å². The van der Waals surface area contributed by atoms with Crippen LogP contribution in [0.1, 0.15) is 33.7 Å². The average molecular weight is 415 g/mol. The number of ether oxygens (including phenoxy) is 1. The molecule has 0 aromatic heterocycles. The Balaban J connectivity index is 1.32. The summed E-state index contributed by atoms with van der Waals surface area (Å²) in [7, 11) is 0. The normalized spacial score (nSPS) is 12.2. The molecule has 4 N–H and O–H groups in total. The van der Waals surface area contributed by atoms with Crippen LogP contribution in [0.25, 0.3) is 11.1 Å². The van der Waals surface area contributed by atoms with E-state index in [9.17, 15) is 4.79 Å². The molecule has 0 saturated carbocycles. The van der Waals surface area contributed by atoms with Crippen molar-refractivity contribution in [2.75, 3.05) is 13.2 Å². The highest BCUT2D eigenvalue weighted by molar-refractivity contribution is 5.79. The number of fused-ring (bicyclic) bond motifs is 3. The zero-order chi connectivity index (χ0) is 21.6. The number of nitrogens with one attached hydrogen (secondary N) is 2. The number of carbonyl (C=O) groups excluding carboxylic acids is 1. The minimum atomic E-state index is -0.415. The van der Waals surface area contributed by atoms with Crippen molar-refractivity contribution in [3.05, 3.63) is 94.5 Å². The fraction of sp³-hybridized carbons (Fsp3) is 0.240. The van der Waals surface area contributed by atoms with Gasteiger partial charge in [0.05, 0.1) is 6.54 Å². The van der Waals surface area contributed by atoms with Gasteiger partial charge in [0, 0.05) is 19.0 Å². The Kier molecular flexibility index (Phi) is 6.38. The molecule has 0 spiro atoms. The lowest BCUT2D eigenvalue weighted by atomic mass is 9.98. The zero-order valence-electron chi connectivity index (χ0n) is 17.3. The fourth-order valence-electron chi connectivity index (χ4n) is 4.22. The number of nitrogens with zero attached hydrogens (tertiary/aromatic N) is 1. The van der Waals surface area contributed by atoms with Crippen molar-refractivity contribution < 1.29 is 9.53 Å². The van der Waals surface area contributed by atoms with E-state index in [2.05, 4.69) is 34.7 Å². The van der Waals surface area contributed by atoms with Crippen molar-refractivity contribution in [3.63, 3.8) is 0 Å². The standard InChI is InChI=1S/C25H26N4O2/c26-14-18-10-9-17(13-19(18)15-29-27)11-12-28-25(30)31-16-24-22-7-3-1-5-20(22)21-6-2-4-8-23(21)24/h1-10,13,24,27H,11-12,14-16,26H2,(H,28,30). The predicted molar refractivity (Wildman–Crippen MR) is 120 cm³/mol. The summed E-state index contributed by atoms with van der Waals surface area (Å²) < 4.78 is 5.57. The number of benzene rings is 3. The summed E-state index contributed by atoms with van der Waals surface area (Å²) in [5.74, 6) is 0.0538. The van der Waals surface area contributed by atoms with Crippen LogP contribution in [-0.2, 0) is 24.2 Å². The first kappa shape index (κ1) is 20.8. The molecular formula is C25H26N4O2. The summed E-state index contributed by atoms with van der Waals surface area (Å²) in [6.45, 7) is 1.51. The van der Waals surface area contributed by atoms with E-state index in [-0.39, 0.29) is 5.92 Å². The second kappa shape index (κ2) is 9.53. The Labute approximate surface area is 181 Å². The Morgan fingerprint density at radius 2 is 1.68 bits per heavy atom. The minimum absolute atomic E-state index is 0.0538. The Morgan fingerprint density at radius 3 is 2.32 bits per heavy atom. The Hall–Kier alpha value is -3.51. The van der Waals surface area contributed by atoms with Crippen molar-refractivity contribution in [2.45, 2.75) is 25.4 Å². The molecule has 1 aliphatic rings. The second-order valence-electron chi connectivity index (χ2n) is 7.63. The topological polar surface area (TPSA) is 101 Å². The van der Waals surface area contributed by atoms with Crippen LogP contribution in [0.15, 0.2) is 71.8 Å². The zero-order valence-corrected chi connectivity index (χ0v) is 17.3. The van der Waals surface area contributed by atoms with E-state index >= 15 is 0 Å². The van der Waals surface area contributed by atoms with Crippen molar-refractivity contribution in [3.8, 4) is 11.1 Å². The molecule has 1 aliphatic carbocycles. The van der Waals surface area contributed by atoms with E-state index in [0.717, 1.165) is 16.7 Å². The van der Waals surface area contributed by atoms with E-state index in [4.69, 9.17) is 16.0 Å². The summed E-state index contributed by atoms with van der Waals surface area (Å²) in [6, 6.07) is 22.5. The maximum Gasteiger partial charge on any atom is 0.407 e. The number of amides is 1. The van der Waals surface area contributed by atoms with Gasteiger partial charge in [-0.25, -0.2) is 10.3 Å². The molecule has 1 amide bonds. The van der Waals surface area contributed by atoms with E-state index in [1.807, 2.05) is 42.5 Å². The molecule has 31 heavy (non-hydrogen) atoms. The van der Waals surface area contributed by atoms with Gasteiger partial charge in [0.15, 0.2) is 0 Å². The van der Waals surface area contributed by atoms with Gasteiger partial charge in [-0.3, -0.25) is 0 Å². The van der Waals surface area contributed by atoms with Crippen molar-refractivity contribution in [1.82, 2.24) is 5.32 Å². The number of rotatable bonds is 8. The molecule has 0 heterocycles. The van der Waals surface area contributed by atoms with Crippen LogP contribution in [0.4, 0.5) is 4.79 Å². The lowest BCUT2D eigenvalue weighted by molar-refractivity contribution is 0.143. The molecule has 3 aromatic rings. The average Bonchev–Trinajstić information content (AvgIpc) is 3.12. The third kappa shape index (κ3) is 4.49. The molecule has 0 bridgehead atoms. The van der Waals surface area contributed by atoms with Crippen LogP contribution in [-0.4, -0.2) is 19.2 Å². The molecule has 0 radical (unpaired) electrons. The molecule has 158 valence electrons. The highest BCUT2D eigenvalue weighted by atomic mass is 16.5. The number of alkyl carbamates (subject to hydrolysis) is 1. The third-order valence-corrected chi connectivity index (χ3v) is 5.77. The first-order valence-electron chi connectivity index (χ1n) is 10.4. The van der Waals surface area contributed by atoms with Crippen molar-refractivity contribution in [1.29, 1.82) is 5.53 Å². The van der Waals surface area contributed by atoms with Gasteiger partial charge in [-0.2, -0.15) is 5.11 Å². The number of nitrogens with two attached hydrogens (primary N) is 1. The molecule has 0 fully saturated rings. The summed E-state index contributed by atoms with van der Waals surface area (Å²) >= 11 is 0. The van der Waals surface area contributed by atoms with Gasteiger partial charge in [-0.05, 0) is 45.4 Å². The van der Waals surface area contributed by atoms with Gasteiger partial charge in [-0.1, -0.05) is 66.7 Å². The van der Waals surface area contributed by atoms with E-state index in [1.54, 1.807) is 0 Å². The van der Waals surface area contributed by atoms with Crippen LogP contribution < -0.4 is 11.1 Å². The van der Waals surface area contributed by atoms with Gasteiger partial charge in [0.1, 0.15) is 6.61 Å². The summed E-state index contributed by atoms with van der Waals surface area (Å²) in [6.07, 6.45) is 0.252. The molecule has 0 saturated heterocycles. The highest BCUT2D eigenvalue weighted by Crippen LogP contribution is 2.44. The molecule has 0 atom stereocenters. The molecule has 6 heteroatoms. The van der Waals surface area contributed by atoms with Crippen LogP contribution in [0.2, 0.25) is 0 Å². The van der Waals surface area contributed by atoms with E-state index < -0.39 is 6.09 Å². The van der Waals surface area contributed by atoms with Crippen LogP contribution in [0.5, 0.6) is 0 Å². The van der Waals surface area contributed by atoms with E-state index in [1.165, 1.54) is 22.3 Å². The maximum atomic E-state index is 12.3. The Bertz CT molecular complexity index is 1050. The predicted octanol–water partition coefficient (Wildman–Crippen LogP) is 4.76. The maximum absolute atomic E-state index is 12.3. The third-order valence-electron chi connectivity index (χ3n) is 5.77. The van der Waals surface area contributed by atoms with Gasteiger partial charge in [0.2, 0.25) is 0 Å². The van der Waals surface area contributed by atoms with Crippen LogP contribution in [0, 0.1) is 5.53 Å². The number of hydrogen-bond acceptors (Lipinski definition) is 5. The monoisotopic (exact) mass is 414 g/mol. The molecule has 4 rings (SSSR count).